The molecule has 0 spiro atoms. The van der Waals surface area contributed by atoms with Crippen LogP contribution in [-0.4, -0.2) is 67.7 Å². The van der Waals surface area contributed by atoms with E-state index in [0.717, 1.165) is 0 Å². The summed E-state index contributed by atoms with van der Waals surface area (Å²) in [6.07, 6.45) is -1.79. The third kappa shape index (κ3) is 8.45. The normalized spacial score (nSPS) is 19.6. The number of carbonyl (C=O) groups excluding carboxylic acids is 8. The molecule has 0 aromatic rings. The molecule has 8 N–H and O–H groups in total. The van der Waals surface area contributed by atoms with Crippen LogP contribution in [0.3, 0.4) is 0 Å². The summed E-state index contributed by atoms with van der Waals surface area (Å²) in [7, 11) is 0. The van der Waals surface area contributed by atoms with Crippen molar-refractivity contribution < 1.29 is 91.8 Å². The maximum absolute atomic E-state index is 11.4. The van der Waals surface area contributed by atoms with Gasteiger partial charge in [0.1, 0.15) is 23.0 Å². The summed E-state index contributed by atoms with van der Waals surface area (Å²) in [5, 5.41) is 58.6. The summed E-state index contributed by atoms with van der Waals surface area (Å²) in [6.45, 7) is 0. The van der Waals surface area contributed by atoms with Gasteiger partial charge in [0.25, 0.3) is 23.6 Å². The number of hydrogen-bond acceptors (Lipinski definition) is 16. The number of nitrogens with zero attached hydrogens (tertiary/aromatic N) is 4. The number of hydrogen-bond donors (Lipinski definition) is 8. The fourth-order valence-electron chi connectivity index (χ4n) is 3.00. The molecular formula is C20H16N8Ni2O12. The van der Waals surface area contributed by atoms with Gasteiger partial charge >= 0.3 is 0 Å². The molecule has 42 heavy (non-hydrogen) atoms. The Hall–Kier alpha value is -5.09. The summed E-state index contributed by atoms with van der Waals surface area (Å²) < 4.78 is 0. The van der Waals surface area contributed by atoms with Gasteiger partial charge in [-0.25, -0.2) is 0 Å². The van der Waals surface area contributed by atoms with E-state index in [2.05, 4.69) is 20.5 Å². The van der Waals surface area contributed by atoms with Gasteiger partial charge in [0, 0.05) is 33.0 Å². The van der Waals surface area contributed by atoms with E-state index in [0.29, 0.717) is 0 Å². The zero-order chi connectivity index (χ0) is 29.7. The van der Waals surface area contributed by atoms with Crippen LogP contribution >= 0.6 is 0 Å². The Morgan fingerprint density at radius 1 is 0.381 bits per heavy atom. The van der Waals surface area contributed by atoms with E-state index >= 15 is 0 Å². The fraction of sp³-hybridized carbons (Fsp3) is 0.200. The maximum Gasteiger partial charge on any atom is 0.281 e. The van der Waals surface area contributed by atoms with Crippen molar-refractivity contribution in [3.8, 4) is 0 Å². The van der Waals surface area contributed by atoms with Crippen LogP contribution in [0.1, 0.15) is 25.7 Å². The van der Waals surface area contributed by atoms with Crippen LogP contribution in [0, 0.1) is 0 Å². The molecule has 4 aliphatic rings. The van der Waals surface area contributed by atoms with Gasteiger partial charge in [-0.2, -0.15) is 0 Å². The molecule has 0 aromatic carbocycles. The average Bonchev–Trinajstić information content (AvgIpc) is 2.80. The van der Waals surface area contributed by atoms with Crippen molar-refractivity contribution in [1.82, 2.24) is 21.3 Å². The number of carbonyl (C=O) groups is 8. The van der Waals surface area contributed by atoms with Crippen molar-refractivity contribution in [3.63, 3.8) is 0 Å². The monoisotopic (exact) mass is 676 g/mol. The largest absolute Gasteiger partial charge is 0.509 e. The Morgan fingerprint density at radius 3 is 0.690 bits per heavy atom. The minimum absolute atomic E-state index is 0. The standard InChI is InChI=1S/2C10H8N4O6.2Ni/c2*15-3-1-5(17)11-9(19)7(3)13-14-8-4(16)2-6(18)12-10(8)20;;/h2*15-16H,1-2H2,(H,11,17,19)(H,12,18,20);;. The van der Waals surface area contributed by atoms with Crippen LogP contribution < -0.4 is 21.3 Å². The molecule has 228 valence electrons. The number of aliphatic hydroxyl groups excluding tert-OH is 4. The summed E-state index contributed by atoms with van der Waals surface area (Å²) in [6, 6.07) is 0. The Bertz CT molecular complexity index is 1270. The van der Waals surface area contributed by atoms with E-state index in [9.17, 15) is 58.8 Å². The Labute approximate surface area is 252 Å². The molecule has 22 heteroatoms. The summed E-state index contributed by atoms with van der Waals surface area (Å²) >= 11 is 0. The van der Waals surface area contributed by atoms with Crippen LogP contribution in [0.2, 0.25) is 0 Å². The van der Waals surface area contributed by atoms with Crippen LogP contribution in [0.5, 0.6) is 0 Å². The van der Waals surface area contributed by atoms with Crippen molar-refractivity contribution >= 4 is 47.3 Å². The SMILES string of the molecule is O=C1CC(O)=C(N=NC2=C(O)CC(=O)NC2=O)C(=O)N1.O=C1CC(O)=C(N=NC2=C(O)CC(=O)NC2=O)C(=O)N1.[Ni].[Ni]. The first-order valence-electron chi connectivity index (χ1n) is 10.7. The van der Waals surface area contributed by atoms with Gasteiger partial charge < -0.3 is 20.4 Å². The molecule has 4 rings (SSSR count). The zero-order valence-corrected chi connectivity index (χ0v) is 22.3. The first kappa shape index (κ1) is 34.9. The number of rotatable bonds is 4. The topological polar surface area (TPSA) is 315 Å². The smallest absolute Gasteiger partial charge is 0.281 e. The molecule has 0 radical (unpaired) electrons. The molecule has 0 fully saturated rings. The van der Waals surface area contributed by atoms with Gasteiger partial charge in [-0.15, -0.1) is 20.5 Å². The van der Waals surface area contributed by atoms with Crippen LogP contribution in [-0.2, 0) is 71.3 Å². The number of amides is 8. The van der Waals surface area contributed by atoms with Crippen molar-refractivity contribution in [1.29, 1.82) is 0 Å². The molecule has 0 saturated carbocycles. The molecule has 8 amide bonds. The van der Waals surface area contributed by atoms with Crippen molar-refractivity contribution in [2.75, 3.05) is 0 Å². The predicted molar refractivity (Wildman–Crippen MR) is 119 cm³/mol. The van der Waals surface area contributed by atoms with E-state index in [1.165, 1.54) is 0 Å². The van der Waals surface area contributed by atoms with Crippen molar-refractivity contribution in [2.45, 2.75) is 25.7 Å². The summed E-state index contributed by atoms with van der Waals surface area (Å²) in [5.41, 5.74) is -2.19. The fourth-order valence-corrected chi connectivity index (χ4v) is 3.00. The minimum atomic E-state index is -0.977. The number of azo groups is 2. The molecule has 0 aliphatic carbocycles. The van der Waals surface area contributed by atoms with E-state index in [4.69, 9.17) is 0 Å². The van der Waals surface area contributed by atoms with Gasteiger partial charge in [-0.1, -0.05) is 0 Å². The number of imide groups is 4. The Morgan fingerprint density at radius 2 is 0.548 bits per heavy atom. The molecule has 20 nitrogen and oxygen atoms in total. The van der Waals surface area contributed by atoms with E-state index in [1.54, 1.807) is 0 Å². The summed E-state index contributed by atoms with van der Waals surface area (Å²) in [4.78, 5) is 89.2. The first-order chi connectivity index (χ1) is 18.8. The molecule has 0 atom stereocenters. The Balaban J connectivity index is 0.000000401. The maximum atomic E-state index is 11.4. The molecule has 0 bridgehead atoms. The second-order valence-corrected chi connectivity index (χ2v) is 7.80. The van der Waals surface area contributed by atoms with Crippen LogP contribution in [0.15, 0.2) is 66.3 Å². The zero-order valence-electron chi connectivity index (χ0n) is 20.3. The van der Waals surface area contributed by atoms with Crippen molar-refractivity contribution in [3.05, 3.63) is 45.8 Å². The van der Waals surface area contributed by atoms with Crippen LogP contribution in [0.4, 0.5) is 0 Å². The van der Waals surface area contributed by atoms with Gasteiger partial charge in [-0.3, -0.25) is 59.6 Å². The van der Waals surface area contributed by atoms with Gasteiger partial charge in [0.05, 0.1) is 25.7 Å². The summed E-state index contributed by atoms with van der Waals surface area (Å²) in [5.74, 6) is -9.11. The average molecular weight is 678 g/mol. The van der Waals surface area contributed by atoms with Crippen molar-refractivity contribution in [2.24, 2.45) is 20.5 Å². The van der Waals surface area contributed by atoms with E-state index < -0.39 is 119 Å². The molecule has 4 aliphatic heterocycles. The predicted octanol–water partition coefficient (Wildman–Crippen LogP) is -1.86. The second kappa shape index (κ2) is 14.5. The van der Waals surface area contributed by atoms with E-state index in [1.807, 2.05) is 21.3 Å². The van der Waals surface area contributed by atoms with E-state index in [-0.39, 0.29) is 33.0 Å². The first-order valence-corrected chi connectivity index (χ1v) is 10.7. The third-order valence-electron chi connectivity index (χ3n) is 4.78. The quantitative estimate of drug-likeness (QED) is 0.0922. The van der Waals surface area contributed by atoms with Gasteiger partial charge in [-0.05, 0) is 0 Å². The minimum Gasteiger partial charge on any atom is -0.509 e. The second-order valence-electron chi connectivity index (χ2n) is 7.80. The van der Waals surface area contributed by atoms with Crippen LogP contribution in [0.25, 0.3) is 0 Å². The third-order valence-corrected chi connectivity index (χ3v) is 4.78. The molecule has 0 saturated heterocycles. The molecular weight excluding hydrogens is 662 g/mol. The Kier molecular flexibility index (Phi) is 12.1. The number of aliphatic hydroxyl groups is 4. The molecule has 0 unspecified atom stereocenters. The van der Waals surface area contributed by atoms with Gasteiger partial charge in [0.2, 0.25) is 23.6 Å². The molecule has 0 aromatic heterocycles. The number of nitrogens with one attached hydrogen (secondary N) is 4. The van der Waals surface area contributed by atoms with Gasteiger partial charge in [0.15, 0.2) is 22.8 Å². The molecule has 4 heterocycles.